The smallest absolute Gasteiger partial charge is 0.277 e. The molecule has 0 aliphatic rings. The van der Waals surface area contributed by atoms with Gasteiger partial charge in [-0.25, -0.2) is 0 Å². The van der Waals surface area contributed by atoms with Gasteiger partial charge in [0.15, 0.2) is 11.5 Å². The van der Waals surface area contributed by atoms with Gasteiger partial charge in [-0.15, -0.1) is 0 Å². The quantitative estimate of drug-likeness (QED) is 0.751. The number of amides is 1. The zero-order valence-electron chi connectivity index (χ0n) is 12.9. The van der Waals surface area contributed by atoms with E-state index in [1.807, 2.05) is 31.2 Å². The van der Waals surface area contributed by atoms with Crippen molar-refractivity contribution in [2.45, 2.75) is 20.0 Å². The van der Waals surface area contributed by atoms with E-state index in [1.165, 1.54) is 0 Å². The van der Waals surface area contributed by atoms with Crippen LogP contribution in [0.3, 0.4) is 0 Å². The molecule has 3 rings (SSSR count). The highest BCUT2D eigenvalue weighted by molar-refractivity contribution is 6.33. The van der Waals surface area contributed by atoms with E-state index in [0.717, 1.165) is 5.56 Å². The second-order valence-corrected chi connectivity index (χ2v) is 5.94. The Morgan fingerprint density at radius 1 is 1.12 bits per heavy atom. The van der Waals surface area contributed by atoms with Crippen LogP contribution in [-0.4, -0.2) is 25.5 Å². The van der Waals surface area contributed by atoms with Gasteiger partial charge in [0, 0.05) is 24.0 Å². The summed E-state index contributed by atoms with van der Waals surface area (Å²) in [6.07, 6.45) is 3.39. The Morgan fingerprint density at radius 3 is 2.62 bits per heavy atom. The number of carbonyl (C=O) groups is 1. The van der Waals surface area contributed by atoms with E-state index in [2.05, 4.69) is 15.5 Å². The molecule has 8 heteroatoms. The molecule has 0 aliphatic heterocycles. The summed E-state index contributed by atoms with van der Waals surface area (Å²) in [5, 5.41) is 12.1. The number of nitrogens with one attached hydrogen (secondary N) is 1. The fourth-order valence-corrected chi connectivity index (χ4v) is 2.59. The zero-order chi connectivity index (χ0) is 17.1. The normalized spacial score (nSPS) is 10.8. The van der Waals surface area contributed by atoms with Gasteiger partial charge in [-0.2, -0.15) is 10.2 Å². The molecule has 1 N–H and O–H groups in total. The number of nitrogens with zero attached hydrogens (tertiary/aromatic N) is 4. The van der Waals surface area contributed by atoms with Crippen LogP contribution in [0.5, 0.6) is 0 Å². The summed E-state index contributed by atoms with van der Waals surface area (Å²) in [6.45, 7) is 3.10. The summed E-state index contributed by atoms with van der Waals surface area (Å²) in [6, 6.07) is 9.14. The Balaban J connectivity index is 1.74. The number of benzene rings is 1. The number of halogens is 2. The third-order valence-corrected chi connectivity index (χ3v) is 4.08. The molecule has 0 aliphatic carbocycles. The van der Waals surface area contributed by atoms with Crippen molar-refractivity contribution in [1.29, 1.82) is 0 Å². The Kier molecular flexibility index (Phi) is 4.87. The van der Waals surface area contributed by atoms with Gasteiger partial charge < -0.3 is 5.32 Å². The molecule has 0 spiro atoms. The molecule has 0 radical (unpaired) electrons. The van der Waals surface area contributed by atoms with E-state index >= 15 is 0 Å². The Morgan fingerprint density at radius 2 is 1.92 bits per heavy atom. The first-order valence-corrected chi connectivity index (χ1v) is 8.13. The lowest BCUT2D eigenvalue weighted by Gasteiger charge is -2.04. The molecule has 0 bridgehead atoms. The van der Waals surface area contributed by atoms with Gasteiger partial charge in [-0.3, -0.25) is 14.2 Å². The van der Waals surface area contributed by atoms with Gasteiger partial charge in [0.05, 0.1) is 6.54 Å². The van der Waals surface area contributed by atoms with Crippen molar-refractivity contribution in [2.24, 2.45) is 0 Å². The van der Waals surface area contributed by atoms with E-state index in [4.69, 9.17) is 23.2 Å². The van der Waals surface area contributed by atoms with Crippen molar-refractivity contribution in [3.8, 4) is 0 Å². The van der Waals surface area contributed by atoms with E-state index in [-0.39, 0.29) is 5.91 Å². The highest BCUT2D eigenvalue weighted by Crippen LogP contribution is 2.22. The second kappa shape index (κ2) is 7.07. The molecule has 0 saturated heterocycles. The SMILES string of the molecule is CCn1ccc(C(=O)Nc2nn(Cc3ccccc3Cl)cc2Cl)n1. The minimum absolute atomic E-state index is 0.291. The molecule has 0 atom stereocenters. The topological polar surface area (TPSA) is 64.7 Å². The van der Waals surface area contributed by atoms with Gasteiger partial charge in [-0.1, -0.05) is 41.4 Å². The van der Waals surface area contributed by atoms with Gasteiger partial charge in [0.25, 0.3) is 5.91 Å². The van der Waals surface area contributed by atoms with Gasteiger partial charge in [-0.05, 0) is 24.6 Å². The van der Waals surface area contributed by atoms with Crippen molar-refractivity contribution < 1.29 is 4.79 Å². The average Bonchev–Trinajstić information content (AvgIpc) is 3.17. The molecular formula is C16H15Cl2N5O. The minimum atomic E-state index is -0.355. The van der Waals surface area contributed by atoms with Crippen LogP contribution < -0.4 is 5.32 Å². The Hall–Kier alpha value is -2.31. The first kappa shape index (κ1) is 16.5. The first-order valence-electron chi connectivity index (χ1n) is 7.38. The van der Waals surface area contributed by atoms with E-state index in [9.17, 15) is 4.79 Å². The number of carbonyl (C=O) groups excluding carboxylic acids is 1. The third-order valence-electron chi connectivity index (χ3n) is 3.44. The molecule has 3 aromatic rings. The van der Waals surface area contributed by atoms with Crippen molar-refractivity contribution in [2.75, 3.05) is 5.32 Å². The van der Waals surface area contributed by atoms with Crippen LogP contribution in [0.1, 0.15) is 23.0 Å². The fraction of sp³-hybridized carbons (Fsp3) is 0.188. The predicted molar refractivity (Wildman–Crippen MR) is 93.6 cm³/mol. The number of anilines is 1. The molecule has 1 amide bonds. The lowest BCUT2D eigenvalue weighted by molar-refractivity contribution is 0.102. The highest BCUT2D eigenvalue weighted by atomic mass is 35.5. The summed E-state index contributed by atoms with van der Waals surface area (Å²) in [7, 11) is 0. The maximum atomic E-state index is 12.2. The monoisotopic (exact) mass is 363 g/mol. The van der Waals surface area contributed by atoms with E-state index in [0.29, 0.717) is 34.6 Å². The van der Waals surface area contributed by atoms with Crippen LogP contribution in [0, 0.1) is 0 Å². The summed E-state index contributed by atoms with van der Waals surface area (Å²) >= 11 is 12.3. The molecule has 124 valence electrons. The maximum Gasteiger partial charge on any atom is 0.277 e. The minimum Gasteiger partial charge on any atom is -0.302 e. The highest BCUT2D eigenvalue weighted by Gasteiger charge is 2.15. The van der Waals surface area contributed by atoms with Crippen LogP contribution in [0.4, 0.5) is 5.82 Å². The molecular weight excluding hydrogens is 349 g/mol. The van der Waals surface area contributed by atoms with Crippen LogP contribution in [0.25, 0.3) is 0 Å². The molecule has 1 aromatic carbocycles. The van der Waals surface area contributed by atoms with Crippen molar-refractivity contribution in [3.05, 3.63) is 64.0 Å². The van der Waals surface area contributed by atoms with Crippen molar-refractivity contribution >= 4 is 34.9 Å². The first-order chi connectivity index (χ1) is 11.6. The second-order valence-electron chi connectivity index (χ2n) is 5.13. The largest absolute Gasteiger partial charge is 0.302 e. The third kappa shape index (κ3) is 3.60. The van der Waals surface area contributed by atoms with Gasteiger partial charge >= 0.3 is 0 Å². The lowest BCUT2D eigenvalue weighted by Crippen LogP contribution is -2.14. The molecule has 0 unspecified atom stereocenters. The number of aryl methyl sites for hydroxylation is 1. The summed E-state index contributed by atoms with van der Waals surface area (Å²) in [5.74, 6) is -0.0631. The van der Waals surface area contributed by atoms with Crippen LogP contribution in [-0.2, 0) is 13.1 Å². The molecule has 0 fully saturated rings. The summed E-state index contributed by atoms with van der Waals surface area (Å²) < 4.78 is 3.30. The zero-order valence-corrected chi connectivity index (χ0v) is 14.4. The molecule has 24 heavy (non-hydrogen) atoms. The number of hydrogen-bond donors (Lipinski definition) is 1. The summed E-state index contributed by atoms with van der Waals surface area (Å²) in [5.41, 5.74) is 1.23. The van der Waals surface area contributed by atoms with Crippen molar-refractivity contribution in [3.63, 3.8) is 0 Å². The number of hydrogen-bond acceptors (Lipinski definition) is 3. The van der Waals surface area contributed by atoms with Crippen LogP contribution >= 0.6 is 23.2 Å². The maximum absolute atomic E-state index is 12.2. The predicted octanol–water partition coefficient (Wildman–Crippen LogP) is 3.71. The summed E-state index contributed by atoms with van der Waals surface area (Å²) in [4.78, 5) is 12.2. The number of rotatable bonds is 5. The fourth-order valence-electron chi connectivity index (χ4n) is 2.19. The molecule has 6 nitrogen and oxygen atoms in total. The molecule has 0 saturated carbocycles. The lowest BCUT2D eigenvalue weighted by atomic mass is 10.2. The van der Waals surface area contributed by atoms with Gasteiger partial charge in [0.1, 0.15) is 5.02 Å². The Labute approximate surface area is 149 Å². The number of aromatic nitrogens is 4. The van der Waals surface area contributed by atoms with Crippen LogP contribution in [0.2, 0.25) is 10.0 Å². The standard InChI is InChI=1S/C16H15Cl2N5O/c1-2-22-8-7-14(20-22)16(24)19-15-13(18)10-23(21-15)9-11-5-3-4-6-12(11)17/h3-8,10H,2,9H2,1H3,(H,19,21,24). The average molecular weight is 364 g/mol. The van der Waals surface area contributed by atoms with E-state index in [1.54, 1.807) is 27.8 Å². The van der Waals surface area contributed by atoms with Gasteiger partial charge in [0.2, 0.25) is 0 Å². The van der Waals surface area contributed by atoms with Crippen LogP contribution in [0.15, 0.2) is 42.7 Å². The Bertz CT molecular complexity index is 871. The molecule has 2 aromatic heterocycles. The molecule has 2 heterocycles. The van der Waals surface area contributed by atoms with E-state index < -0.39 is 0 Å². The van der Waals surface area contributed by atoms with Crippen molar-refractivity contribution in [1.82, 2.24) is 19.6 Å².